The van der Waals surface area contributed by atoms with E-state index in [2.05, 4.69) is 0 Å². The Labute approximate surface area is 88.7 Å². The van der Waals surface area contributed by atoms with Crippen molar-refractivity contribution in [1.29, 1.82) is 0 Å². The first kappa shape index (κ1) is 10.3. The summed E-state index contributed by atoms with van der Waals surface area (Å²) in [5, 5.41) is 0. The molecule has 1 saturated heterocycles. The van der Waals surface area contributed by atoms with E-state index >= 15 is 0 Å². The van der Waals surface area contributed by atoms with E-state index in [0.29, 0.717) is 13.2 Å². The Kier molecular flexibility index (Phi) is 3.08. The van der Waals surface area contributed by atoms with E-state index in [4.69, 9.17) is 18.9 Å². The summed E-state index contributed by atoms with van der Waals surface area (Å²) in [6.45, 7) is 1.25. The second kappa shape index (κ2) is 4.51. The Morgan fingerprint density at radius 2 is 1.87 bits per heavy atom. The van der Waals surface area contributed by atoms with Gasteiger partial charge < -0.3 is 18.9 Å². The predicted octanol–water partition coefficient (Wildman–Crippen LogP) is 1.75. The lowest BCUT2D eigenvalue weighted by Crippen LogP contribution is -2.01. The SMILES string of the molecule is COc1ccc(C2OCCO2)c(OC)c1. The summed E-state index contributed by atoms with van der Waals surface area (Å²) >= 11 is 0. The van der Waals surface area contributed by atoms with Crippen molar-refractivity contribution in [1.82, 2.24) is 0 Å². The third-order valence-electron chi connectivity index (χ3n) is 2.32. The lowest BCUT2D eigenvalue weighted by Gasteiger charge is -2.14. The molecule has 1 aliphatic rings. The highest BCUT2D eigenvalue weighted by molar-refractivity contribution is 5.41. The van der Waals surface area contributed by atoms with Gasteiger partial charge >= 0.3 is 0 Å². The molecule has 1 aromatic carbocycles. The van der Waals surface area contributed by atoms with Crippen molar-refractivity contribution in [2.24, 2.45) is 0 Å². The summed E-state index contributed by atoms with van der Waals surface area (Å²) < 4.78 is 21.2. The summed E-state index contributed by atoms with van der Waals surface area (Å²) in [7, 11) is 3.24. The van der Waals surface area contributed by atoms with Crippen LogP contribution in [0.5, 0.6) is 11.5 Å². The third kappa shape index (κ3) is 2.06. The molecule has 0 aromatic heterocycles. The lowest BCUT2D eigenvalue weighted by molar-refractivity contribution is -0.0455. The molecule has 0 radical (unpaired) electrons. The zero-order valence-electron chi connectivity index (χ0n) is 8.86. The van der Waals surface area contributed by atoms with Gasteiger partial charge in [0, 0.05) is 11.6 Å². The molecule has 15 heavy (non-hydrogen) atoms. The topological polar surface area (TPSA) is 36.9 Å². The maximum atomic E-state index is 5.41. The van der Waals surface area contributed by atoms with Gasteiger partial charge in [0.05, 0.1) is 27.4 Å². The van der Waals surface area contributed by atoms with Gasteiger partial charge in [-0.2, -0.15) is 0 Å². The van der Waals surface area contributed by atoms with E-state index in [9.17, 15) is 0 Å². The average molecular weight is 210 g/mol. The normalized spacial score (nSPS) is 16.7. The van der Waals surface area contributed by atoms with Crippen molar-refractivity contribution in [3.05, 3.63) is 23.8 Å². The minimum Gasteiger partial charge on any atom is -0.497 e. The van der Waals surface area contributed by atoms with E-state index < -0.39 is 0 Å². The number of rotatable bonds is 3. The minimum absolute atomic E-state index is 0.314. The van der Waals surface area contributed by atoms with Crippen molar-refractivity contribution >= 4 is 0 Å². The first-order valence-corrected chi connectivity index (χ1v) is 4.80. The van der Waals surface area contributed by atoms with Crippen LogP contribution in [0.15, 0.2) is 18.2 Å². The van der Waals surface area contributed by atoms with E-state index in [1.165, 1.54) is 0 Å². The van der Waals surface area contributed by atoms with Gasteiger partial charge in [0.25, 0.3) is 0 Å². The zero-order valence-corrected chi connectivity index (χ0v) is 8.86. The minimum atomic E-state index is -0.314. The molecule has 1 heterocycles. The zero-order chi connectivity index (χ0) is 10.7. The maximum absolute atomic E-state index is 5.41. The molecule has 0 spiro atoms. The van der Waals surface area contributed by atoms with Crippen molar-refractivity contribution < 1.29 is 18.9 Å². The Hall–Kier alpha value is -1.26. The number of methoxy groups -OCH3 is 2. The molecular formula is C11H14O4. The monoisotopic (exact) mass is 210 g/mol. The predicted molar refractivity (Wildman–Crippen MR) is 54.2 cm³/mol. The fourth-order valence-electron chi connectivity index (χ4n) is 1.55. The van der Waals surface area contributed by atoms with Crippen molar-refractivity contribution in [3.63, 3.8) is 0 Å². The highest BCUT2D eigenvalue weighted by Crippen LogP contribution is 2.33. The molecule has 0 atom stereocenters. The quantitative estimate of drug-likeness (QED) is 0.761. The van der Waals surface area contributed by atoms with E-state index in [0.717, 1.165) is 17.1 Å². The van der Waals surface area contributed by atoms with E-state index in [1.54, 1.807) is 14.2 Å². The molecule has 82 valence electrons. The first-order valence-electron chi connectivity index (χ1n) is 4.80. The average Bonchev–Trinajstić information content (AvgIpc) is 2.81. The van der Waals surface area contributed by atoms with Gasteiger partial charge in [0.2, 0.25) is 0 Å². The molecule has 4 heteroatoms. The van der Waals surface area contributed by atoms with Crippen molar-refractivity contribution in [2.45, 2.75) is 6.29 Å². The summed E-state index contributed by atoms with van der Waals surface area (Å²) in [4.78, 5) is 0. The molecule has 0 saturated carbocycles. The molecular weight excluding hydrogens is 196 g/mol. The van der Waals surface area contributed by atoms with Crippen LogP contribution in [-0.4, -0.2) is 27.4 Å². The van der Waals surface area contributed by atoms with Crippen LogP contribution in [0.2, 0.25) is 0 Å². The Morgan fingerprint density at radius 3 is 2.47 bits per heavy atom. The molecule has 4 nitrogen and oxygen atoms in total. The lowest BCUT2D eigenvalue weighted by atomic mass is 10.2. The van der Waals surface area contributed by atoms with Crippen LogP contribution >= 0.6 is 0 Å². The van der Waals surface area contributed by atoms with Gasteiger partial charge in [-0.15, -0.1) is 0 Å². The van der Waals surface area contributed by atoms with Crippen LogP contribution < -0.4 is 9.47 Å². The van der Waals surface area contributed by atoms with Gasteiger partial charge in [-0.3, -0.25) is 0 Å². The third-order valence-corrected chi connectivity index (χ3v) is 2.32. The van der Waals surface area contributed by atoms with E-state index in [-0.39, 0.29) is 6.29 Å². The summed E-state index contributed by atoms with van der Waals surface area (Å²) in [6.07, 6.45) is -0.314. The first-order chi connectivity index (χ1) is 7.35. The molecule has 0 N–H and O–H groups in total. The number of hydrogen-bond acceptors (Lipinski definition) is 4. The Balaban J connectivity index is 2.29. The molecule has 1 aromatic rings. The number of ether oxygens (including phenoxy) is 4. The van der Waals surface area contributed by atoms with Crippen LogP contribution in [0.1, 0.15) is 11.9 Å². The van der Waals surface area contributed by atoms with Crippen LogP contribution in [0.3, 0.4) is 0 Å². The van der Waals surface area contributed by atoms with Crippen LogP contribution in [-0.2, 0) is 9.47 Å². The standard InChI is InChI=1S/C11H14O4/c1-12-8-3-4-9(10(7-8)13-2)11-14-5-6-15-11/h3-4,7,11H,5-6H2,1-2H3. The van der Waals surface area contributed by atoms with Gasteiger partial charge in [-0.25, -0.2) is 0 Å². The smallest absolute Gasteiger partial charge is 0.187 e. The largest absolute Gasteiger partial charge is 0.497 e. The summed E-state index contributed by atoms with van der Waals surface area (Å²) in [5.74, 6) is 1.48. The molecule has 1 aliphatic heterocycles. The van der Waals surface area contributed by atoms with Crippen molar-refractivity contribution in [2.75, 3.05) is 27.4 Å². The summed E-state index contributed by atoms with van der Waals surface area (Å²) in [5.41, 5.74) is 0.899. The van der Waals surface area contributed by atoms with Gasteiger partial charge in [0.1, 0.15) is 11.5 Å². The maximum Gasteiger partial charge on any atom is 0.187 e. The molecule has 1 fully saturated rings. The molecule has 0 amide bonds. The van der Waals surface area contributed by atoms with Gasteiger partial charge in [-0.1, -0.05) is 0 Å². The second-order valence-corrected chi connectivity index (χ2v) is 3.18. The highest BCUT2D eigenvalue weighted by Gasteiger charge is 2.22. The van der Waals surface area contributed by atoms with Gasteiger partial charge in [-0.05, 0) is 12.1 Å². The summed E-state index contributed by atoms with van der Waals surface area (Å²) in [6, 6.07) is 5.58. The number of benzene rings is 1. The Bertz CT molecular complexity index is 331. The molecule has 2 rings (SSSR count). The van der Waals surface area contributed by atoms with Crippen LogP contribution in [0, 0.1) is 0 Å². The molecule has 0 unspecified atom stereocenters. The fourth-order valence-corrected chi connectivity index (χ4v) is 1.55. The second-order valence-electron chi connectivity index (χ2n) is 3.18. The van der Waals surface area contributed by atoms with Gasteiger partial charge in [0.15, 0.2) is 6.29 Å². The molecule has 0 aliphatic carbocycles. The number of hydrogen-bond donors (Lipinski definition) is 0. The van der Waals surface area contributed by atoms with Crippen molar-refractivity contribution in [3.8, 4) is 11.5 Å². The van der Waals surface area contributed by atoms with Crippen LogP contribution in [0.25, 0.3) is 0 Å². The van der Waals surface area contributed by atoms with Crippen LogP contribution in [0.4, 0.5) is 0 Å². The Morgan fingerprint density at radius 1 is 1.13 bits per heavy atom. The highest BCUT2D eigenvalue weighted by atomic mass is 16.7. The molecule has 0 bridgehead atoms. The fraction of sp³-hybridized carbons (Fsp3) is 0.455. The van der Waals surface area contributed by atoms with E-state index in [1.807, 2.05) is 18.2 Å².